The molecule has 1 rings (SSSR count). The van der Waals surface area contributed by atoms with Gasteiger partial charge in [-0.15, -0.1) is 11.3 Å². The molecule has 0 saturated heterocycles. The Balaban J connectivity index is 2.27. The largest absolute Gasteiger partial charge is 0.391 e. The molecule has 5 nitrogen and oxygen atoms in total. The molecule has 1 aromatic rings. The van der Waals surface area contributed by atoms with E-state index in [-0.39, 0.29) is 5.91 Å². The van der Waals surface area contributed by atoms with Crippen molar-refractivity contribution in [2.24, 2.45) is 0 Å². The van der Waals surface area contributed by atoms with Crippen LogP contribution in [0.4, 0.5) is 0 Å². The average Bonchev–Trinajstić information content (AvgIpc) is 2.78. The molecule has 0 aromatic carbocycles. The third-order valence-electron chi connectivity index (χ3n) is 2.56. The van der Waals surface area contributed by atoms with Gasteiger partial charge in [-0.3, -0.25) is 4.79 Å². The number of nitrogens with zero attached hydrogens (tertiary/aromatic N) is 1. The maximum absolute atomic E-state index is 11.7. The molecular weight excluding hydrogens is 264 g/mol. The number of rotatable bonds is 8. The first-order valence-corrected chi connectivity index (χ1v) is 7.29. The Labute approximate surface area is 118 Å². The number of amides is 1. The molecule has 0 aliphatic carbocycles. The lowest BCUT2D eigenvalue weighted by atomic mass is 10.2. The van der Waals surface area contributed by atoms with Gasteiger partial charge in [0, 0.05) is 25.0 Å². The normalized spacial score (nSPS) is 12.7. The second kappa shape index (κ2) is 8.24. The molecule has 6 heteroatoms. The Hall–Kier alpha value is -0.980. The van der Waals surface area contributed by atoms with Crippen LogP contribution in [0.15, 0.2) is 5.38 Å². The minimum atomic E-state index is -0.530. The molecule has 1 heterocycles. The van der Waals surface area contributed by atoms with Crippen LogP contribution < -0.4 is 5.32 Å². The number of carbonyl (C=O) groups is 1. The second-order valence-corrected chi connectivity index (χ2v) is 5.65. The molecule has 1 aromatic heterocycles. The molecule has 0 aliphatic rings. The Morgan fingerprint density at radius 2 is 2.32 bits per heavy atom. The lowest BCUT2D eigenvalue weighted by Crippen LogP contribution is -2.29. The van der Waals surface area contributed by atoms with Gasteiger partial charge in [0.15, 0.2) is 0 Å². The highest BCUT2D eigenvalue weighted by Crippen LogP contribution is 2.19. The molecule has 0 spiro atoms. The van der Waals surface area contributed by atoms with E-state index in [4.69, 9.17) is 4.74 Å². The molecule has 2 N–H and O–H groups in total. The van der Waals surface area contributed by atoms with Gasteiger partial charge in [0.1, 0.15) is 0 Å². The first kappa shape index (κ1) is 16.1. The third-order valence-corrected chi connectivity index (χ3v) is 3.76. The number of hydrogen-bond acceptors (Lipinski definition) is 5. The highest BCUT2D eigenvalue weighted by molar-refractivity contribution is 7.09. The van der Waals surface area contributed by atoms with Crippen LogP contribution in [0.5, 0.6) is 0 Å². The average molecular weight is 286 g/mol. The highest BCUT2D eigenvalue weighted by atomic mass is 32.1. The third kappa shape index (κ3) is 6.13. The first-order chi connectivity index (χ1) is 9.02. The van der Waals surface area contributed by atoms with Crippen LogP contribution in [0.1, 0.15) is 36.9 Å². The maximum atomic E-state index is 11.7. The standard InChI is InChI=1S/C13H22N2O3S/c1-9(2)13-15-10(8-19-13)6-12(17)14-5-4-11(16)7-18-3/h8-9,11,16H,4-7H2,1-3H3,(H,14,17). The summed E-state index contributed by atoms with van der Waals surface area (Å²) in [6.07, 6.45) is 0.259. The molecule has 19 heavy (non-hydrogen) atoms. The van der Waals surface area contributed by atoms with Gasteiger partial charge in [-0.2, -0.15) is 0 Å². The summed E-state index contributed by atoms with van der Waals surface area (Å²) in [5.74, 6) is 0.330. The lowest BCUT2D eigenvalue weighted by molar-refractivity contribution is -0.120. The number of carbonyl (C=O) groups excluding carboxylic acids is 1. The van der Waals surface area contributed by atoms with Crippen molar-refractivity contribution in [2.45, 2.75) is 38.7 Å². The quantitative estimate of drug-likeness (QED) is 0.756. The van der Waals surface area contributed by atoms with E-state index >= 15 is 0 Å². The summed E-state index contributed by atoms with van der Waals surface area (Å²) in [5, 5.41) is 15.2. The zero-order chi connectivity index (χ0) is 14.3. The van der Waals surface area contributed by atoms with Crippen LogP contribution in [-0.4, -0.2) is 42.4 Å². The molecule has 1 amide bonds. The topological polar surface area (TPSA) is 71.5 Å². The van der Waals surface area contributed by atoms with E-state index in [0.29, 0.717) is 31.9 Å². The Bertz CT molecular complexity index is 393. The van der Waals surface area contributed by atoms with Crippen molar-refractivity contribution in [1.82, 2.24) is 10.3 Å². The number of ether oxygens (including phenoxy) is 1. The van der Waals surface area contributed by atoms with E-state index in [0.717, 1.165) is 10.7 Å². The van der Waals surface area contributed by atoms with Crippen molar-refractivity contribution in [2.75, 3.05) is 20.3 Å². The lowest BCUT2D eigenvalue weighted by Gasteiger charge is -2.09. The number of hydrogen-bond donors (Lipinski definition) is 2. The molecule has 0 fully saturated rings. The summed E-state index contributed by atoms with van der Waals surface area (Å²) in [4.78, 5) is 16.1. The van der Waals surface area contributed by atoms with Crippen molar-refractivity contribution in [3.63, 3.8) is 0 Å². The van der Waals surface area contributed by atoms with Gasteiger partial charge in [0.05, 0.1) is 29.8 Å². The molecule has 1 atom stereocenters. The smallest absolute Gasteiger partial charge is 0.226 e. The zero-order valence-corrected chi connectivity index (χ0v) is 12.5. The van der Waals surface area contributed by atoms with Gasteiger partial charge in [-0.1, -0.05) is 13.8 Å². The van der Waals surface area contributed by atoms with Crippen LogP contribution in [0, 0.1) is 0 Å². The first-order valence-electron chi connectivity index (χ1n) is 6.41. The van der Waals surface area contributed by atoms with Crippen LogP contribution >= 0.6 is 11.3 Å². The minimum absolute atomic E-state index is 0.0646. The monoisotopic (exact) mass is 286 g/mol. The van der Waals surface area contributed by atoms with Gasteiger partial charge in [0.25, 0.3) is 0 Å². The molecule has 0 saturated carbocycles. The molecular formula is C13H22N2O3S. The van der Waals surface area contributed by atoms with E-state index in [1.54, 1.807) is 11.3 Å². The minimum Gasteiger partial charge on any atom is -0.391 e. The Morgan fingerprint density at radius 1 is 1.58 bits per heavy atom. The summed E-state index contributed by atoms with van der Waals surface area (Å²) in [6.45, 7) is 4.91. The van der Waals surface area contributed by atoms with Gasteiger partial charge in [0.2, 0.25) is 5.91 Å². The number of methoxy groups -OCH3 is 1. The molecule has 108 valence electrons. The van der Waals surface area contributed by atoms with Crippen molar-refractivity contribution < 1.29 is 14.6 Å². The Morgan fingerprint density at radius 3 is 2.89 bits per heavy atom. The van der Waals surface area contributed by atoms with Crippen LogP contribution in [0.25, 0.3) is 0 Å². The van der Waals surface area contributed by atoms with Crippen LogP contribution in [0.3, 0.4) is 0 Å². The van der Waals surface area contributed by atoms with Gasteiger partial charge in [-0.05, 0) is 6.42 Å². The summed E-state index contributed by atoms with van der Waals surface area (Å²) < 4.78 is 4.81. The fourth-order valence-electron chi connectivity index (χ4n) is 1.55. The summed E-state index contributed by atoms with van der Waals surface area (Å²) in [5.41, 5.74) is 0.809. The van der Waals surface area contributed by atoms with E-state index in [9.17, 15) is 9.90 Å². The fourth-order valence-corrected chi connectivity index (χ4v) is 2.38. The highest BCUT2D eigenvalue weighted by Gasteiger charge is 2.10. The molecule has 0 radical (unpaired) electrons. The van der Waals surface area contributed by atoms with Crippen LogP contribution in [-0.2, 0) is 16.0 Å². The summed E-state index contributed by atoms with van der Waals surface area (Å²) in [6, 6.07) is 0. The van der Waals surface area contributed by atoms with Gasteiger partial charge >= 0.3 is 0 Å². The van der Waals surface area contributed by atoms with E-state index in [1.807, 2.05) is 5.38 Å². The predicted molar refractivity (Wildman–Crippen MR) is 75.4 cm³/mol. The fraction of sp³-hybridized carbons (Fsp3) is 0.692. The molecule has 1 unspecified atom stereocenters. The second-order valence-electron chi connectivity index (χ2n) is 4.76. The van der Waals surface area contributed by atoms with E-state index in [2.05, 4.69) is 24.1 Å². The number of aliphatic hydroxyl groups is 1. The SMILES string of the molecule is COCC(O)CCNC(=O)Cc1csc(C(C)C)n1. The predicted octanol–water partition coefficient (Wildman–Crippen LogP) is 1.32. The Kier molecular flexibility index (Phi) is 6.97. The summed E-state index contributed by atoms with van der Waals surface area (Å²) >= 11 is 1.59. The number of aromatic nitrogens is 1. The van der Waals surface area contributed by atoms with E-state index < -0.39 is 6.10 Å². The maximum Gasteiger partial charge on any atom is 0.226 e. The molecule has 0 aliphatic heterocycles. The number of aliphatic hydroxyl groups excluding tert-OH is 1. The molecule has 0 bridgehead atoms. The van der Waals surface area contributed by atoms with E-state index in [1.165, 1.54) is 7.11 Å². The van der Waals surface area contributed by atoms with Crippen LogP contribution in [0.2, 0.25) is 0 Å². The number of nitrogens with one attached hydrogen (secondary N) is 1. The van der Waals surface area contributed by atoms with Gasteiger partial charge < -0.3 is 15.2 Å². The van der Waals surface area contributed by atoms with Crippen molar-refractivity contribution in [3.8, 4) is 0 Å². The zero-order valence-electron chi connectivity index (χ0n) is 11.7. The van der Waals surface area contributed by atoms with Crippen molar-refractivity contribution in [1.29, 1.82) is 0 Å². The number of thiazole rings is 1. The summed E-state index contributed by atoms with van der Waals surface area (Å²) in [7, 11) is 1.54. The van der Waals surface area contributed by atoms with Crippen molar-refractivity contribution in [3.05, 3.63) is 16.1 Å². The van der Waals surface area contributed by atoms with Gasteiger partial charge in [-0.25, -0.2) is 4.98 Å². The van der Waals surface area contributed by atoms with Crippen molar-refractivity contribution >= 4 is 17.2 Å².